The van der Waals surface area contributed by atoms with E-state index >= 15 is 0 Å². The van der Waals surface area contributed by atoms with Crippen LogP contribution in [-0.2, 0) is 0 Å². The molecule has 5 nitrogen and oxygen atoms in total. The molecule has 1 unspecified atom stereocenters. The SMILES string of the molecule is O=C1c2ccccc2C(=O)N1C(O)c1ccccc1-c1nc2ccccc2s1. The molecule has 0 saturated carbocycles. The van der Waals surface area contributed by atoms with Gasteiger partial charge in [-0.3, -0.25) is 9.59 Å². The topological polar surface area (TPSA) is 70.5 Å². The van der Waals surface area contributed by atoms with Gasteiger partial charge in [-0.1, -0.05) is 48.5 Å². The molecule has 0 aliphatic carbocycles. The summed E-state index contributed by atoms with van der Waals surface area (Å²) in [5.74, 6) is -0.987. The summed E-state index contributed by atoms with van der Waals surface area (Å²) in [7, 11) is 0. The Morgan fingerprint density at radius 1 is 0.786 bits per heavy atom. The molecule has 0 fully saturated rings. The molecule has 0 saturated heterocycles. The molecular formula is C22H14N2O3S. The fraction of sp³-hybridized carbons (Fsp3) is 0.0455. The highest BCUT2D eigenvalue weighted by atomic mass is 32.1. The van der Waals surface area contributed by atoms with E-state index < -0.39 is 18.0 Å². The number of imide groups is 1. The van der Waals surface area contributed by atoms with E-state index in [2.05, 4.69) is 4.98 Å². The van der Waals surface area contributed by atoms with Crippen LogP contribution in [0.25, 0.3) is 20.8 Å². The summed E-state index contributed by atoms with van der Waals surface area (Å²) in [6, 6.07) is 21.6. The van der Waals surface area contributed by atoms with E-state index in [4.69, 9.17) is 0 Å². The molecule has 0 radical (unpaired) electrons. The van der Waals surface area contributed by atoms with Gasteiger partial charge in [0.2, 0.25) is 0 Å². The summed E-state index contributed by atoms with van der Waals surface area (Å²) in [5, 5.41) is 11.7. The van der Waals surface area contributed by atoms with Crippen LogP contribution in [0.5, 0.6) is 0 Å². The van der Waals surface area contributed by atoms with Crippen molar-refractivity contribution in [2.75, 3.05) is 0 Å². The molecule has 1 aliphatic rings. The Kier molecular flexibility index (Phi) is 3.82. The number of hydrogen-bond acceptors (Lipinski definition) is 5. The lowest BCUT2D eigenvalue weighted by atomic mass is 10.1. The summed E-state index contributed by atoms with van der Waals surface area (Å²) in [4.78, 5) is 31.0. The molecule has 1 aromatic heterocycles. The van der Waals surface area contributed by atoms with Gasteiger partial charge in [-0.15, -0.1) is 11.3 Å². The number of thiazole rings is 1. The molecule has 2 heterocycles. The Labute approximate surface area is 164 Å². The molecule has 28 heavy (non-hydrogen) atoms. The maximum Gasteiger partial charge on any atom is 0.263 e. The number of carbonyl (C=O) groups excluding carboxylic acids is 2. The van der Waals surface area contributed by atoms with E-state index in [1.54, 1.807) is 36.4 Å². The molecule has 6 heteroatoms. The summed E-state index contributed by atoms with van der Waals surface area (Å²) >= 11 is 1.50. The van der Waals surface area contributed by atoms with Gasteiger partial charge >= 0.3 is 0 Å². The van der Waals surface area contributed by atoms with Gasteiger partial charge in [0.25, 0.3) is 11.8 Å². The van der Waals surface area contributed by atoms with E-state index in [0.717, 1.165) is 20.1 Å². The molecule has 1 N–H and O–H groups in total. The normalized spacial score (nSPS) is 14.5. The number of amides is 2. The van der Waals surface area contributed by atoms with Gasteiger partial charge in [0.15, 0.2) is 6.23 Å². The van der Waals surface area contributed by atoms with Gasteiger partial charge in [0, 0.05) is 11.1 Å². The molecule has 136 valence electrons. The van der Waals surface area contributed by atoms with Crippen LogP contribution in [0.1, 0.15) is 32.5 Å². The number of fused-ring (bicyclic) bond motifs is 2. The van der Waals surface area contributed by atoms with Crippen molar-refractivity contribution in [3.05, 3.63) is 89.5 Å². The van der Waals surface area contributed by atoms with E-state index in [0.29, 0.717) is 22.3 Å². The zero-order valence-electron chi connectivity index (χ0n) is 14.6. The Balaban J connectivity index is 1.59. The van der Waals surface area contributed by atoms with Gasteiger partial charge in [0.05, 0.1) is 21.3 Å². The predicted octanol–water partition coefficient (Wildman–Crippen LogP) is 4.25. The lowest BCUT2D eigenvalue weighted by molar-refractivity contribution is 0.0132. The van der Waals surface area contributed by atoms with Crippen LogP contribution >= 0.6 is 11.3 Å². The van der Waals surface area contributed by atoms with Crippen molar-refractivity contribution < 1.29 is 14.7 Å². The first kappa shape index (κ1) is 16.8. The summed E-state index contributed by atoms with van der Waals surface area (Å²) in [6.45, 7) is 0. The molecule has 2 amide bonds. The number of hydrogen-bond donors (Lipinski definition) is 1. The van der Waals surface area contributed by atoms with Crippen LogP contribution in [0.15, 0.2) is 72.8 Å². The number of carbonyl (C=O) groups is 2. The second-order valence-electron chi connectivity index (χ2n) is 6.47. The van der Waals surface area contributed by atoms with Crippen molar-refractivity contribution in [2.45, 2.75) is 6.23 Å². The number of aromatic nitrogens is 1. The van der Waals surface area contributed by atoms with Crippen LogP contribution < -0.4 is 0 Å². The smallest absolute Gasteiger partial charge is 0.263 e. The molecule has 1 atom stereocenters. The highest BCUT2D eigenvalue weighted by Gasteiger charge is 2.40. The van der Waals surface area contributed by atoms with Gasteiger partial charge in [-0.2, -0.15) is 0 Å². The first-order valence-electron chi connectivity index (χ1n) is 8.75. The summed E-state index contributed by atoms with van der Waals surface area (Å²) in [5.41, 5.74) is 2.66. The number of benzene rings is 3. The van der Waals surface area contributed by atoms with Crippen molar-refractivity contribution >= 4 is 33.4 Å². The van der Waals surface area contributed by atoms with Gasteiger partial charge in [-0.05, 0) is 24.3 Å². The Morgan fingerprint density at radius 2 is 1.36 bits per heavy atom. The van der Waals surface area contributed by atoms with Crippen molar-refractivity contribution in [3.8, 4) is 10.6 Å². The number of aliphatic hydroxyl groups excluding tert-OH is 1. The average Bonchev–Trinajstić information content (AvgIpc) is 3.27. The van der Waals surface area contributed by atoms with Gasteiger partial charge < -0.3 is 5.11 Å². The standard InChI is InChI=1S/C22H14N2O3S/c25-20(24-21(26)15-9-3-4-10-16(15)22(24)27)14-8-2-1-7-13(14)19-23-17-11-5-6-12-18(17)28-19/h1-12,20,25H. The molecule has 4 aromatic rings. The van der Waals surface area contributed by atoms with Gasteiger partial charge in [0.1, 0.15) is 5.01 Å². The highest BCUT2D eigenvalue weighted by Crippen LogP contribution is 2.37. The van der Waals surface area contributed by atoms with Gasteiger partial charge in [-0.25, -0.2) is 9.88 Å². The molecular weight excluding hydrogens is 372 g/mol. The second kappa shape index (κ2) is 6.37. The second-order valence-corrected chi connectivity index (χ2v) is 7.50. The van der Waals surface area contributed by atoms with Crippen LogP contribution in [0.2, 0.25) is 0 Å². The zero-order valence-corrected chi connectivity index (χ0v) is 15.4. The number of aliphatic hydroxyl groups is 1. The van der Waals surface area contributed by atoms with E-state index in [1.807, 2.05) is 36.4 Å². The van der Waals surface area contributed by atoms with Crippen LogP contribution in [0.4, 0.5) is 0 Å². The predicted molar refractivity (Wildman–Crippen MR) is 107 cm³/mol. The zero-order chi connectivity index (χ0) is 19.3. The maximum atomic E-state index is 12.7. The first-order valence-corrected chi connectivity index (χ1v) is 9.56. The fourth-order valence-electron chi connectivity index (χ4n) is 3.47. The van der Waals surface area contributed by atoms with E-state index in [1.165, 1.54) is 11.3 Å². The molecule has 3 aromatic carbocycles. The maximum absolute atomic E-state index is 12.7. The fourth-order valence-corrected chi connectivity index (χ4v) is 4.49. The minimum Gasteiger partial charge on any atom is -0.369 e. The third-order valence-electron chi connectivity index (χ3n) is 4.83. The average molecular weight is 386 g/mol. The Bertz CT molecular complexity index is 1180. The minimum atomic E-state index is -1.39. The summed E-state index contributed by atoms with van der Waals surface area (Å²) < 4.78 is 1.03. The Morgan fingerprint density at radius 3 is 2.04 bits per heavy atom. The van der Waals surface area contributed by atoms with Crippen molar-refractivity contribution in [3.63, 3.8) is 0 Å². The lowest BCUT2D eigenvalue weighted by Gasteiger charge is -2.23. The Hall–Kier alpha value is -3.35. The molecule has 0 spiro atoms. The van der Waals surface area contributed by atoms with Crippen LogP contribution in [0.3, 0.4) is 0 Å². The molecule has 5 rings (SSSR count). The van der Waals surface area contributed by atoms with Crippen molar-refractivity contribution in [1.29, 1.82) is 0 Å². The first-order chi connectivity index (χ1) is 13.6. The molecule has 1 aliphatic heterocycles. The molecule has 0 bridgehead atoms. The van der Waals surface area contributed by atoms with Crippen molar-refractivity contribution in [1.82, 2.24) is 9.88 Å². The van der Waals surface area contributed by atoms with E-state index in [9.17, 15) is 14.7 Å². The summed E-state index contributed by atoms with van der Waals surface area (Å²) in [6.07, 6.45) is -1.39. The third-order valence-corrected chi connectivity index (χ3v) is 5.90. The number of rotatable bonds is 3. The monoisotopic (exact) mass is 386 g/mol. The number of para-hydroxylation sites is 1. The van der Waals surface area contributed by atoms with Crippen LogP contribution in [0, 0.1) is 0 Å². The largest absolute Gasteiger partial charge is 0.369 e. The number of nitrogens with zero attached hydrogens (tertiary/aromatic N) is 2. The third kappa shape index (κ3) is 2.46. The lowest BCUT2D eigenvalue weighted by Crippen LogP contribution is -2.34. The van der Waals surface area contributed by atoms with E-state index in [-0.39, 0.29) is 0 Å². The quantitative estimate of drug-likeness (QED) is 0.535. The highest BCUT2D eigenvalue weighted by molar-refractivity contribution is 7.21. The van der Waals surface area contributed by atoms with Crippen molar-refractivity contribution in [2.24, 2.45) is 0 Å². The van der Waals surface area contributed by atoms with Crippen LogP contribution in [-0.4, -0.2) is 26.8 Å². The minimum absolute atomic E-state index is 0.309.